The molecule has 70 heavy (non-hydrogen) atoms. The van der Waals surface area contributed by atoms with Gasteiger partial charge in [0.05, 0.1) is 11.4 Å². The van der Waals surface area contributed by atoms with Gasteiger partial charge in [-0.15, -0.1) is 0 Å². The van der Waals surface area contributed by atoms with Gasteiger partial charge in [0, 0.05) is 44.3 Å². The van der Waals surface area contributed by atoms with E-state index >= 15 is 0 Å². The van der Waals surface area contributed by atoms with Gasteiger partial charge >= 0.3 is 0 Å². The molecule has 0 saturated heterocycles. The van der Waals surface area contributed by atoms with E-state index in [1.807, 2.05) is 0 Å². The van der Waals surface area contributed by atoms with Crippen LogP contribution < -0.4 is 9.80 Å². The third kappa shape index (κ3) is 6.42. The number of hydrogen-bond acceptors (Lipinski definition) is 2. The van der Waals surface area contributed by atoms with Crippen LogP contribution in [0.2, 0.25) is 0 Å². The summed E-state index contributed by atoms with van der Waals surface area (Å²) in [5.41, 5.74) is 11.5. The number of hydrogen-bond donors (Lipinski definition) is 0. The standard InChI is InChI=1S/C68H44N2/c1-3-25-51(26-4-1)69(53-35-33-45-17-7-9-21-49(45)41-53)65-43-63(57-31-15-23-47-19-11-13-29-55(47)57)59-38-40-62-66(70(52-27-5-2-6-28-52)54-36-34-46-18-8-10-22-50(46)42-54)44-64(60-37-39-61(65)67(59)68(60)62)58-32-16-24-48-20-12-14-30-56(48)58/h1-44H. The first-order chi connectivity index (χ1) is 34.7. The molecule has 0 aliphatic rings. The molecule has 0 aliphatic heterocycles. The third-order valence-electron chi connectivity index (χ3n) is 14.5. The maximum Gasteiger partial charge on any atom is 0.0546 e. The SMILES string of the molecule is c1ccc(N(c2ccc3ccccc3c2)c2cc(-c3cccc4ccccc34)c3ccc4c(N(c5ccccc5)c5ccc6ccccc6c5)cc(-c5cccc6ccccc56)c5ccc2c3c54)cc1. The summed E-state index contributed by atoms with van der Waals surface area (Å²) in [7, 11) is 0. The molecule has 0 N–H and O–H groups in total. The Kier molecular flexibility index (Phi) is 9.25. The summed E-state index contributed by atoms with van der Waals surface area (Å²) in [4.78, 5) is 4.95. The van der Waals surface area contributed by atoms with Crippen LogP contribution >= 0.6 is 0 Å². The van der Waals surface area contributed by atoms with Crippen LogP contribution in [0.25, 0.3) is 97.7 Å². The monoisotopic (exact) mass is 888 g/mol. The van der Waals surface area contributed by atoms with E-state index in [9.17, 15) is 0 Å². The average Bonchev–Trinajstić information content (AvgIpc) is 3.43. The Morgan fingerprint density at radius 2 is 0.543 bits per heavy atom. The van der Waals surface area contributed by atoms with Crippen LogP contribution in [0.15, 0.2) is 267 Å². The zero-order valence-electron chi connectivity index (χ0n) is 38.3. The summed E-state index contributed by atoms with van der Waals surface area (Å²) in [6, 6.07) is 98.6. The number of rotatable bonds is 8. The van der Waals surface area contributed by atoms with Gasteiger partial charge in [-0.1, -0.05) is 206 Å². The lowest BCUT2D eigenvalue weighted by Gasteiger charge is -2.31. The molecule has 14 aromatic carbocycles. The highest BCUT2D eigenvalue weighted by Gasteiger charge is 2.26. The molecule has 0 saturated carbocycles. The van der Waals surface area contributed by atoms with E-state index < -0.39 is 0 Å². The van der Waals surface area contributed by atoms with Crippen molar-refractivity contribution in [1.82, 2.24) is 0 Å². The van der Waals surface area contributed by atoms with Gasteiger partial charge in [-0.05, 0) is 137 Å². The van der Waals surface area contributed by atoms with E-state index in [1.165, 1.54) is 97.7 Å². The Balaban J connectivity index is 1.17. The fraction of sp³-hybridized carbons (Fsp3) is 0. The van der Waals surface area contributed by atoms with Crippen molar-refractivity contribution in [2.75, 3.05) is 9.80 Å². The molecule has 0 atom stereocenters. The largest absolute Gasteiger partial charge is 0.310 e. The van der Waals surface area contributed by atoms with Crippen molar-refractivity contribution < 1.29 is 0 Å². The van der Waals surface area contributed by atoms with Crippen LogP contribution in [-0.4, -0.2) is 0 Å². The minimum atomic E-state index is 1.10. The second-order valence-corrected chi connectivity index (χ2v) is 18.4. The van der Waals surface area contributed by atoms with Crippen molar-refractivity contribution in [2.24, 2.45) is 0 Å². The Morgan fingerprint density at radius 1 is 0.186 bits per heavy atom. The van der Waals surface area contributed by atoms with Gasteiger partial charge in [-0.3, -0.25) is 0 Å². The lowest BCUT2D eigenvalue weighted by molar-refractivity contribution is 1.30. The molecule has 14 rings (SSSR count). The molecule has 0 heterocycles. The Hall–Kier alpha value is -9.24. The molecule has 0 unspecified atom stereocenters. The van der Waals surface area contributed by atoms with E-state index in [1.54, 1.807) is 0 Å². The zero-order valence-corrected chi connectivity index (χ0v) is 38.3. The van der Waals surface area contributed by atoms with Crippen molar-refractivity contribution in [3.63, 3.8) is 0 Å². The van der Waals surface area contributed by atoms with Gasteiger partial charge in [0.2, 0.25) is 0 Å². The fourth-order valence-electron chi connectivity index (χ4n) is 11.3. The summed E-state index contributed by atoms with van der Waals surface area (Å²) in [6.07, 6.45) is 0. The third-order valence-corrected chi connectivity index (χ3v) is 14.5. The average molecular weight is 889 g/mol. The second kappa shape index (κ2) is 16.2. The van der Waals surface area contributed by atoms with E-state index in [2.05, 4.69) is 277 Å². The maximum absolute atomic E-state index is 2.48. The lowest BCUT2D eigenvalue weighted by atomic mass is 9.84. The van der Waals surface area contributed by atoms with Crippen LogP contribution in [0.1, 0.15) is 0 Å². The van der Waals surface area contributed by atoms with Crippen LogP contribution in [0.5, 0.6) is 0 Å². The number of benzene rings is 14. The molecule has 0 fully saturated rings. The number of fused-ring (bicyclic) bond motifs is 4. The first-order valence-electron chi connectivity index (χ1n) is 24.2. The highest BCUT2D eigenvalue weighted by Crippen LogP contribution is 2.53. The molecule has 2 nitrogen and oxygen atoms in total. The van der Waals surface area contributed by atoms with E-state index in [-0.39, 0.29) is 0 Å². The molecular weight excluding hydrogens is 845 g/mol. The zero-order chi connectivity index (χ0) is 46.1. The van der Waals surface area contributed by atoms with E-state index in [4.69, 9.17) is 0 Å². The molecule has 2 heteroatoms. The smallest absolute Gasteiger partial charge is 0.0546 e. The number of para-hydroxylation sites is 2. The summed E-state index contributed by atoms with van der Waals surface area (Å²) in [5, 5.41) is 17.0. The van der Waals surface area contributed by atoms with Crippen molar-refractivity contribution in [3.8, 4) is 22.3 Å². The molecular formula is C68H44N2. The highest BCUT2D eigenvalue weighted by molar-refractivity contribution is 6.33. The molecule has 0 amide bonds. The van der Waals surface area contributed by atoms with E-state index in [0.717, 1.165) is 34.1 Å². The first-order valence-corrected chi connectivity index (χ1v) is 24.2. The first kappa shape index (κ1) is 39.9. The van der Waals surface area contributed by atoms with E-state index in [0.29, 0.717) is 0 Å². The fourth-order valence-corrected chi connectivity index (χ4v) is 11.3. The topological polar surface area (TPSA) is 6.48 Å². The summed E-state index contributed by atoms with van der Waals surface area (Å²) < 4.78 is 0. The number of anilines is 6. The second-order valence-electron chi connectivity index (χ2n) is 18.4. The van der Waals surface area contributed by atoms with Gasteiger partial charge in [-0.2, -0.15) is 0 Å². The van der Waals surface area contributed by atoms with Gasteiger partial charge < -0.3 is 9.80 Å². The Morgan fingerprint density at radius 3 is 0.986 bits per heavy atom. The van der Waals surface area contributed by atoms with Gasteiger partial charge in [-0.25, -0.2) is 0 Å². The maximum atomic E-state index is 2.48. The molecule has 0 bridgehead atoms. The Labute approximate surface area is 406 Å². The van der Waals surface area contributed by atoms with Crippen LogP contribution in [0.3, 0.4) is 0 Å². The van der Waals surface area contributed by atoms with Gasteiger partial charge in [0.25, 0.3) is 0 Å². The van der Waals surface area contributed by atoms with Crippen molar-refractivity contribution in [1.29, 1.82) is 0 Å². The molecule has 0 spiro atoms. The Bertz CT molecular complexity index is 4020. The molecule has 14 aromatic rings. The predicted molar refractivity (Wildman–Crippen MR) is 300 cm³/mol. The normalized spacial score (nSPS) is 11.7. The minimum absolute atomic E-state index is 1.10. The predicted octanol–water partition coefficient (Wildman–Crippen LogP) is 19.5. The quantitative estimate of drug-likeness (QED) is 0.140. The van der Waals surface area contributed by atoms with Gasteiger partial charge in [0.15, 0.2) is 0 Å². The molecule has 0 radical (unpaired) electrons. The van der Waals surface area contributed by atoms with Crippen molar-refractivity contribution in [2.45, 2.75) is 0 Å². The molecule has 326 valence electrons. The van der Waals surface area contributed by atoms with Gasteiger partial charge in [0.1, 0.15) is 0 Å². The van der Waals surface area contributed by atoms with Crippen LogP contribution in [0, 0.1) is 0 Å². The molecule has 0 aliphatic carbocycles. The molecule has 0 aromatic heterocycles. The lowest BCUT2D eigenvalue weighted by Crippen LogP contribution is -2.12. The van der Waals surface area contributed by atoms with Crippen LogP contribution in [0.4, 0.5) is 34.1 Å². The van der Waals surface area contributed by atoms with Crippen molar-refractivity contribution >= 4 is 110 Å². The highest BCUT2D eigenvalue weighted by atomic mass is 15.1. The summed E-state index contributed by atoms with van der Waals surface area (Å²) >= 11 is 0. The number of nitrogens with zero attached hydrogens (tertiary/aromatic N) is 2. The summed E-state index contributed by atoms with van der Waals surface area (Å²) in [5.74, 6) is 0. The van der Waals surface area contributed by atoms with Crippen molar-refractivity contribution in [3.05, 3.63) is 267 Å². The summed E-state index contributed by atoms with van der Waals surface area (Å²) in [6.45, 7) is 0. The van der Waals surface area contributed by atoms with Crippen LogP contribution in [-0.2, 0) is 0 Å². The minimum Gasteiger partial charge on any atom is -0.310 e.